The van der Waals surface area contributed by atoms with Crippen LogP contribution in [0.15, 0.2) is 11.6 Å². The minimum atomic E-state index is -0.247. The molecule has 0 aromatic rings. The van der Waals surface area contributed by atoms with Gasteiger partial charge in [0, 0.05) is 19.3 Å². The van der Waals surface area contributed by atoms with E-state index >= 15 is 0 Å². The summed E-state index contributed by atoms with van der Waals surface area (Å²) in [5.41, 5.74) is 1.78. The number of carbonyl (C=O) groups is 2. The lowest BCUT2D eigenvalue weighted by atomic mass is 9.74. The molecule has 4 heteroatoms. The quantitative estimate of drug-likeness (QED) is 0.591. The number of rotatable bonds is 4. The van der Waals surface area contributed by atoms with Crippen molar-refractivity contribution in [1.82, 2.24) is 0 Å². The lowest BCUT2D eigenvalue weighted by Gasteiger charge is -2.32. The molecule has 6 unspecified atom stereocenters. The predicted octanol–water partition coefficient (Wildman–Crippen LogP) is 2.33. The second kappa shape index (κ2) is 3.77. The van der Waals surface area contributed by atoms with E-state index in [1.54, 1.807) is 5.57 Å². The summed E-state index contributed by atoms with van der Waals surface area (Å²) < 4.78 is 10.7. The molecule has 4 nitrogen and oxygen atoms in total. The van der Waals surface area contributed by atoms with E-state index in [0.29, 0.717) is 18.6 Å². The molecule has 0 radical (unpaired) electrons. The second-order valence-electron chi connectivity index (χ2n) is 8.33. The molecule has 0 N–H and O–H groups in total. The highest BCUT2D eigenvalue weighted by Gasteiger charge is 2.84. The van der Waals surface area contributed by atoms with Crippen molar-refractivity contribution >= 4 is 11.9 Å². The van der Waals surface area contributed by atoms with Gasteiger partial charge in [-0.2, -0.15) is 0 Å². The molecule has 118 valence electrons. The fourth-order valence-corrected chi connectivity index (χ4v) is 6.97. The highest BCUT2D eigenvalue weighted by molar-refractivity contribution is 5.66. The summed E-state index contributed by atoms with van der Waals surface area (Å²) in [6.45, 7) is 3.67. The predicted molar refractivity (Wildman–Crippen MR) is 77.5 cm³/mol. The third-order valence-corrected chi connectivity index (χ3v) is 7.31. The molecule has 0 saturated heterocycles. The van der Waals surface area contributed by atoms with Gasteiger partial charge in [-0.3, -0.25) is 9.59 Å². The number of hydrogen-bond acceptors (Lipinski definition) is 4. The number of esters is 2. The van der Waals surface area contributed by atoms with Crippen molar-refractivity contribution in [2.45, 2.75) is 33.1 Å². The first-order chi connectivity index (χ1) is 10.5. The zero-order valence-electron chi connectivity index (χ0n) is 13.1. The molecule has 5 saturated carbocycles. The van der Waals surface area contributed by atoms with Crippen molar-refractivity contribution in [3.63, 3.8) is 0 Å². The minimum Gasteiger partial charge on any atom is -0.465 e. The van der Waals surface area contributed by atoms with Crippen molar-refractivity contribution in [2.24, 2.45) is 40.4 Å². The van der Waals surface area contributed by atoms with Gasteiger partial charge in [-0.15, -0.1) is 0 Å². The van der Waals surface area contributed by atoms with Gasteiger partial charge >= 0.3 is 11.9 Å². The Morgan fingerprint density at radius 3 is 2.45 bits per heavy atom. The highest BCUT2D eigenvalue weighted by atomic mass is 16.5. The molecule has 6 aliphatic rings. The van der Waals surface area contributed by atoms with Crippen LogP contribution in [0.3, 0.4) is 0 Å². The van der Waals surface area contributed by atoms with Crippen LogP contribution in [0.25, 0.3) is 0 Å². The van der Waals surface area contributed by atoms with E-state index in [-0.39, 0.29) is 17.4 Å². The smallest absolute Gasteiger partial charge is 0.302 e. The largest absolute Gasteiger partial charge is 0.465 e. The van der Waals surface area contributed by atoms with E-state index in [0.717, 1.165) is 42.4 Å². The fourth-order valence-electron chi connectivity index (χ4n) is 6.97. The van der Waals surface area contributed by atoms with Crippen molar-refractivity contribution in [3.05, 3.63) is 11.6 Å². The lowest BCUT2D eigenvalue weighted by molar-refractivity contribution is -0.151. The maximum absolute atomic E-state index is 11.3. The summed E-state index contributed by atoms with van der Waals surface area (Å²) >= 11 is 0. The monoisotopic (exact) mass is 302 g/mol. The van der Waals surface area contributed by atoms with E-state index in [1.807, 2.05) is 0 Å². The Labute approximate surface area is 130 Å². The van der Waals surface area contributed by atoms with Crippen molar-refractivity contribution in [2.75, 3.05) is 13.2 Å². The first kappa shape index (κ1) is 13.1. The van der Waals surface area contributed by atoms with Gasteiger partial charge in [-0.05, 0) is 54.3 Å². The van der Waals surface area contributed by atoms with Gasteiger partial charge in [0.15, 0.2) is 0 Å². The van der Waals surface area contributed by atoms with Crippen molar-refractivity contribution in [1.29, 1.82) is 0 Å². The van der Waals surface area contributed by atoms with Gasteiger partial charge in [0.25, 0.3) is 0 Å². The third-order valence-electron chi connectivity index (χ3n) is 7.31. The molecular formula is C18H22O4. The van der Waals surface area contributed by atoms with Gasteiger partial charge in [-0.1, -0.05) is 11.6 Å². The zero-order valence-corrected chi connectivity index (χ0v) is 13.1. The minimum absolute atomic E-state index is 0.196. The maximum atomic E-state index is 11.3. The molecule has 0 heterocycles. The normalized spacial score (nSPS) is 47.2. The van der Waals surface area contributed by atoms with Crippen molar-refractivity contribution < 1.29 is 19.1 Å². The molecule has 6 bridgehead atoms. The Hall–Kier alpha value is -1.32. The van der Waals surface area contributed by atoms with Crippen LogP contribution in [0.2, 0.25) is 0 Å². The molecule has 6 aliphatic carbocycles. The van der Waals surface area contributed by atoms with E-state index in [1.165, 1.54) is 20.3 Å². The lowest BCUT2D eigenvalue weighted by Crippen LogP contribution is -2.34. The summed E-state index contributed by atoms with van der Waals surface area (Å²) in [5.74, 6) is 3.98. The summed E-state index contributed by atoms with van der Waals surface area (Å²) in [7, 11) is 0. The van der Waals surface area contributed by atoms with Crippen LogP contribution in [0.5, 0.6) is 0 Å². The van der Waals surface area contributed by atoms with Crippen LogP contribution in [0.4, 0.5) is 0 Å². The van der Waals surface area contributed by atoms with Gasteiger partial charge in [0.05, 0.1) is 0 Å². The fraction of sp³-hybridized carbons (Fsp3) is 0.778. The Balaban J connectivity index is 1.44. The molecule has 5 fully saturated rings. The van der Waals surface area contributed by atoms with Crippen LogP contribution < -0.4 is 0 Å². The third kappa shape index (κ3) is 1.35. The first-order valence-corrected chi connectivity index (χ1v) is 8.45. The van der Waals surface area contributed by atoms with Gasteiger partial charge in [-0.25, -0.2) is 0 Å². The van der Waals surface area contributed by atoms with Gasteiger partial charge in [0.2, 0.25) is 0 Å². The molecule has 6 rings (SSSR count). The second-order valence-corrected chi connectivity index (χ2v) is 8.33. The Bertz CT molecular complexity index is 603. The molecular weight excluding hydrogens is 280 g/mol. The van der Waals surface area contributed by atoms with Crippen molar-refractivity contribution in [3.8, 4) is 0 Å². The van der Waals surface area contributed by atoms with Crippen LogP contribution in [-0.4, -0.2) is 25.2 Å². The Morgan fingerprint density at radius 1 is 1.23 bits per heavy atom. The summed E-state index contributed by atoms with van der Waals surface area (Å²) in [4.78, 5) is 22.6. The van der Waals surface area contributed by atoms with Crippen LogP contribution >= 0.6 is 0 Å². The molecule has 0 aromatic heterocycles. The summed E-state index contributed by atoms with van der Waals surface area (Å²) in [6, 6.07) is 0. The standard InChI is InChI=1S/C18H22O4/c1-9(19)21-7-17(8-22-10(2)20)5-11-3-12-14-4-13-15(12)16(13)18(11,14)6-17/h3,12-16H,4-8H2,1-2H3. The SMILES string of the molecule is CC(=O)OCC1(COC(C)=O)CC2=CC3C4C5CC3C2(C1)C54. The topological polar surface area (TPSA) is 52.6 Å². The maximum Gasteiger partial charge on any atom is 0.302 e. The van der Waals surface area contributed by atoms with Gasteiger partial charge in [0.1, 0.15) is 13.2 Å². The van der Waals surface area contributed by atoms with Crippen LogP contribution in [-0.2, 0) is 19.1 Å². The average molecular weight is 302 g/mol. The average Bonchev–Trinajstić information content (AvgIpc) is 2.78. The molecule has 22 heavy (non-hydrogen) atoms. The first-order valence-electron chi connectivity index (χ1n) is 8.45. The summed E-state index contributed by atoms with van der Waals surface area (Å²) in [6.07, 6.45) is 5.93. The number of carbonyl (C=O) groups excluding carboxylic acids is 2. The summed E-state index contributed by atoms with van der Waals surface area (Å²) in [5, 5.41) is 0. The van der Waals surface area contributed by atoms with E-state index in [4.69, 9.17) is 9.47 Å². The molecule has 0 aromatic carbocycles. The molecule has 6 atom stereocenters. The Kier molecular flexibility index (Phi) is 2.25. The van der Waals surface area contributed by atoms with E-state index < -0.39 is 0 Å². The molecule has 1 spiro atoms. The number of ether oxygens (including phenoxy) is 2. The number of hydrogen-bond donors (Lipinski definition) is 0. The van der Waals surface area contributed by atoms with Crippen LogP contribution in [0, 0.1) is 40.4 Å². The Morgan fingerprint density at radius 2 is 1.91 bits per heavy atom. The molecule has 0 aliphatic heterocycles. The zero-order chi connectivity index (χ0) is 15.3. The van der Waals surface area contributed by atoms with Crippen LogP contribution in [0.1, 0.15) is 33.1 Å². The van der Waals surface area contributed by atoms with E-state index in [2.05, 4.69) is 6.08 Å². The number of allylic oxidation sites excluding steroid dienone is 2. The van der Waals surface area contributed by atoms with Gasteiger partial charge < -0.3 is 9.47 Å². The van der Waals surface area contributed by atoms with E-state index in [9.17, 15) is 9.59 Å². The molecule has 0 amide bonds. The highest BCUT2D eigenvalue weighted by Crippen LogP contribution is 2.89.